The molecule has 1 aromatic carbocycles. The van der Waals surface area contributed by atoms with Crippen molar-refractivity contribution in [3.63, 3.8) is 0 Å². The monoisotopic (exact) mass is 357 g/mol. The Kier molecular flexibility index (Phi) is 4.93. The van der Waals surface area contributed by atoms with E-state index in [4.69, 9.17) is 10.5 Å². The third kappa shape index (κ3) is 3.64. The maximum atomic E-state index is 12.2. The van der Waals surface area contributed by atoms with Gasteiger partial charge in [-0.15, -0.1) is 11.3 Å². The first kappa shape index (κ1) is 16.2. The molecule has 0 spiro atoms. The molecule has 3 rings (SSSR count). The summed E-state index contributed by atoms with van der Waals surface area (Å²) in [5.41, 5.74) is 10.8. The van der Waals surface area contributed by atoms with E-state index in [2.05, 4.69) is 10.5 Å². The van der Waals surface area contributed by atoms with E-state index in [0.29, 0.717) is 10.6 Å². The summed E-state index contributed by atoms with van der Waals surface area (Å²) in [5, 5.41) is 7.84. The lowest BCUT2D eigenvalue weighted by molar-refractivity contribution is 0.0960. The smallest absolute Gasteiger partial charge is 0.283 e. The molecule has 3 aromatic rings. The van der Waals surface area contributed by atoms with Crippen LogP contribution in [-0.2, 0) is 0 Å². The van der Waals surface area contributed by atoms with Gasteiger partial charge in [0.05, 0.1) is 19.0 Å². The van der Waals surface area contributed by atoms with Gasteiger partial charge in [-0.25, -0.2) is 5.43 Å². The Morgan fingerprint density at radius 3 is 2.75 bits per heavy atom. The summed E-state index contributed by atoms with van der Waals surface area (Å²) in [6.45, 7) is 0. The minimum Gasteiger partial charge on any atom is -0.497 e. The van der Waals surface area contributed by atoms with Gasteiger partial charge in [0.1, 0.15) is 10.6 Å². The Morgan fingerprint density at radius 2 is 2.08 bits per heavy atom. The Labute approximate surface area is 147 Å². The van der Waals surface area contributed by atoms with Crippen LogP contribution in [0.15, 0.2) is 52.3 Å². The van der Waals surface area contributed by atoms with E-state index >= 15 is 0 Å². The summed E-state index contributed by atoms with van der Waals surface area (Å²) in [6.07, 6.45) is 1.60. The van der Waals surface area contributed by atoms with Crippen LogP contribution < -0.4 is 15.9 Å². The molecule has 0 aliphatic rings. The molecule has 0 radical (unpaired) electrons. The van der Waals surface area contributed by atoms with Crippen molar-refractivity contribution < 1.29 is 9.53 Å². The summed E-state index contributed by atoms with van der Waals surface area (Å²) in [4.78, 5) is 13.6. The zero-order chi connectivity index (χ0) is 16.9. The van der Waals surface area contributed by atoms with Gasteiger partial charge < -0.3 is 10.5 Å². The van der Waals surface area contributed by atoms with Crippen LogP contribution in [-0.4, -0.2) is 19.2 Å². The molecule has 0 fully saturated rings. The molecule has 1 amide bonds. The largest absolute Gasteiger partial charge is 0.497 e. The summed E-state index contributed by atoms with van der Waals surface area (Å²) < 4.78 is 5.15. The fourth-order valence-corrected chi connectivity index (χ4v) is 3.63. The average molecular weight is 357 g/mol. The molecule has 3 N–H and O–H groups in total. The molecule has 7 heteroatoms. The minimum atomic E-state index is -0.316. The van der Waals surface area contributed by atoms with E-state index in [1.165, 1.54) is 11.3 Å². The second kappa shape index (κ2) is 7.29. The van der Waals surface area contributed by atoms with Crippen molar-refractivity contribution >= 4 is 40.5 Å². The Hall–Kier alpha value is -2.64. The first-order valence-electron chi connectivity index (χ1n) is 7.06. The maximum absolute atomic E-state index is 12.2. The lowest BCUT2D eigenvalue weighted by atomic mass is 10.2. The number of benzene rings is 1. The predicted molar refractivity (Wildman–Crippen MR) is 100 cm³/mol. The molecule has 0 aliphatic carbocycles. The molecule has 0 saturated carbocycles. The van der Waals surface area contributed by atoms with Gasteiger partial charge in [-0.05, 0) is 52.7 Å². The van der Waals surface area contributed by atoms with Gasteiger partial charge in [0.25, 0.3) is 5.91 Å². The number of nitrogens with two attached hydrogens (primary N) is 1. The van der Waals surface area contributed by atoms with Crippen LogP contribution in [0.1, 0.15) is 15.2 Å². The lowest BCUT2D eigenvalue weighted by Gasteiger charge is -2.00. The quantitative estimate of drug-likeness (QED) is 0.538. The first-order chi connectivity index (χ1) is 11.7. The van der Waals surface area contributed by atoms with Gasteiger partial charge in [0.15, 0.2) is 0 Å². The van der Waals surface area contributed by atoms with Crippen LogP contribution in [0.2, 0.25) is 0 Å². The SMILES string of the molecule is COc1ccc(-c2cc(N)c(C(=O)N/N=C\c3ccsc3)s2)cc1. The number of ether oxygens (including phenoxy) is 1. The fraction of sp³-hybridized carbons (Fsp3) is 0.0588. The standard InChI is InChI=1S/C17H15N3O2S2/c1-22-13-4-2-12(3-5-13)15-8-14(18)16(24-15)17(21)20-19-9-11-6-7-23-10-11/h2-10H,18H2,1H3,(H,20,21)/b19-9-. The van der Waals surface area contributed by atoms with Crippen LogP contribution in [0.4, 0.5) is 5.69 Å². The second-order valence-corrected chi connectivity index (χ2v) is 6.71. The molecule has 2 heterocycles. The molecule has 122 valence electrons. The Balaban J connectivity index is 1.74. The number of hydrazone groups is 1. The number of hydrogen-bond acceptors (Lipinski definition) is 6. The van der Waals surface area contributed by atoms with Crippen LogP contribution in [0.25, 0.3) is 10.4 Å². The van der Waals surface area contributed by atoms with Crippen molar-refractivity contribution in [1.29, 1.82) is 0 Å². The van der Waals surface area contributed by atoms with Crippen molar-refractivity contribution in [2.24, 2.45) is 5.10 Å². The van der Waals surface area contributed by atoms with Gasteiger partial charge >= 0.3 is 0 Å². The van der Waals surface area contributed by atoms with Crippen molar-refractivity contribution in [3.8, 4) is 16.2 Å². The summed E-state index contributed by atoms with van der Waals surface area (Å²) in [7, 11) is 1.62. The predicted octanol–water partition coefficient (Wildman–Crippen LogP) is 3.83. The van der Waals surface area contributed by atoms with E-state index in [9.17, 15) is 4.79 Å². The summed E-state index contributed by atoms with van der Waals surface area (Å²) in [6, 6.07) is 11.3. The highest BCUT2D eigenvalue weighted by Gasteiger charge is 2.15. The van der Waals surface area contributed by atoms with Crippen molar-refractivity contribution in [2.45, 2.75) is 0 Å². The molecule has 0 bridgehead atoms. The Bertz CT molecular complexity index is 853. The van der Waals surface area contributed by atoms with Gasteiger partial charge in [-0.3, -0.25) is 4.79 Å². The first-order valence-corrected chi connectivity index (χ1v) is 8.82. The fourth-order valence-electron chi connectivity index (χ4n) is 2.04. The number of methoxy groups -OCH3 is 1. The summed E-state index contributed by atoms with van der Waals surface area (Å²) >= 11 is 2.90. The van der Waals surface area contributed by atoms with Gasteiger partial charge in [-0.1, -0.05) is 0 Å². The van der Waals surface area contributed by atoms with Gasteiger partial charge in [-0.2, -0.15) is 16.4 Å². The third-order valence-electron chi connectivity index (χ3n) is 3.26. The molecule has 24 heavy (non-hydrogen) atoms. The molecular weight excluding hydrogens is 342 g/mol. The number of hydrogen-bond donors (Lipinski definition) is 2. The minimum absolute atomic E-state index is 0.316. The van der Waals surface area contributed by atoms with Crippen LogP contribution >= 0.6 is 22.7 Å². The Morgan fingerprint density at radius 1 is 1.29 bits per heavy atom. The normalized spacial score (nSPS) is 10.9. The van der Waals surface area contributed by atoms with Gasteiger partial charge in [0, 0.05) is 10.4 Å². The van der Waals surface area contributed by atoms with Gasteiger partial charge in [0.2, 0.25) is 0 Å². The van der Waals surface area contributed by atoms with Crippen LogP contribution in [0.3, 0.4) is 0 Å². The van der Waals surface area contributed by atoms with E-state index in [1.54, 1.807) is 30.7 Å². The number of nitrogen functional groups attached to an aromatic ring is 1. The van der Waals surface area contributed by atoms with E-state index in [1.807, 2.05) is 41.1 Å². The molecule has 0 unspecified atom stereocenters. The molecule has 0 aliphatic heterocycles. The highest BCUT2D eigenvalue weighted by Crippen LogP contribution is 2.33. The zero-order valence-electron chi connectivity index (χ0n) is 12.9. The topological polar surface area (TPSA) is 76.7 Å². The number of amides is 1. The van der Waals surface area contributed by atoms with Crippen molar-refractivity contribution in [1.82, 2.24) is 5.43 Å². The van der Waals surface area contributed by atoms with Crippen molar-refractivity contribution in [3.05, 3.63) is 57.6 Å². The number of nitrogens with one attached hydrogen (secondary N) is 1. The van der Waals surface area contributed by atoms with Crippen LogP contribution in [0, 0.1) is 0 Å². The van der Waals surface area contributed by atoms with E-state index in [0.717, 1.165) is 21.8 Å². The number of carbonyl (C=O) groups is 1. The lowest BCUT2D eigenvalue weighted by Crippen LogP contribution is -2.17. The van der Waals surface area contributed by atoms with Crippen LogP contribution in [0.5, 0.6) is 5.75 Å². The second-order valence-electron chi connectivity index (χ2n) is 4.88. The molecule has 0 atom stereocenters. The van der Waals surface area contributed by atoms with Crippen molar-refractivity contribution in [2.75, 3.05) is 12.8 Å². The molecule has 2 aromatic heterocycles. The number of anilines is 1. The number of thiophene rings is 2. The number of nitrogens with zero attached hydrogens (tertiary/aromatic N) is 1. The maximum Gasteiger partial charge on any atom is 0.283 e. The highest BCUT2D eigenvalue weighted by molar-refractivity contribution is 7.18. The molecule has 5 nitrogen and oxygen atoms in total. The van der Waals surface area contributed by atoms with E-state index in [-0.39, 0.29) is 5.91 Å². The molecule has 0 saturated heterocycles. The third-order valence-corrected chi connectivity index (χ3v) is 5.16. The zero-order valence-corrected chi connectivity index (χ0v) is 14.5. The van der Waals surface area contributed by atoms with E-state index < -0.39 is 0 Å². The molecular formula is C17H15N3O2S2. The summed E-state index contributed by atoms with van der Waals surface area (Å²) in [5.74, 6) is 0.466. The number of carbonyl (C=O) groups excluding carboxylic acids is 1. The highest BCUT2D eigenvalue weighted by atomic mass is 32.1. The number of rotatable bonds is 5. The average Bonchev–Trinajstić information content (AvgIpc) is 3.24.